The molecule has 1 aromatic heterocycles. The number of thiazole rings is 1. The molecule has 9 heteroatoms. The van der Waals surface area contributed by atoms with Gasteiger partial charge >= 0.3 is 12.1 Å². The van der Waals surface area contributed by atoms with Crippen LogP contribution in [-0.4, -0.2) is 41.2 Å². The lowest BCUT2D eigenvalue weighted by Crippen LogP contribution is -2.44. The van der Waals surface area contributed by atoms with Crippen molar-refractivity contribution in [1.29, 1.82) is 0 Å². The molecule has 2 amide bonds. The van der Waals surface area contributed by atoms with E-state index in [0.29, 0.717) is 5.69 Å². The predicted molar refractivity (Wildman–Crippen MR) is 189 cm³/mol. The van der Waals surface area contributed by atoms with E-state index >= 15 is 0 Å². The van der Waals surface area contributed by atoms with Crippen molar-refractivity contribution in [2.75, 3.05) is 11.9 Å². The van der Waals surface area contributed by atoms with Crippen molar-refractivity contribution >= 4 is 35.0 Å². The van der Waals surface area contributed by atoms with Crippen LogP contribution in [-0.2, 0) is 19.1 Å². The first-order valence-electron chi connectivity index (χ1n) is 15.9. The molecule has 0 saturated carbocycles. The van der Waals surface area contributed by atoms with E-state index in [1.807, 2.05) is 84.2 Å². The van der Waals surface area contributed by atoms with Crippen LogP contribution in [0.5, 0.6) is 0 Å². The third kappa shape index (κ3) is 7.81. The number of amides is 2. The van der Waals surface area contributed by atoms with Crippen LogP contribution in [0, 0.1) is 0 Å². The summed E-state index contributed by atoms with van der Waals surface area (Å²) in [4.78, 5) is 43.9. The van der Waals surface area contributed by atoms with Gasteiger partial charge in [-0.3, -0.25) is 9.59 Å². The standard InChI is InChI=1S/C39H37N3O5S/c1-39(2,3)47-35(43)22-21-33(42-38(45)46-23-32-30-15-9-7-13-28(30)29-14-8-10-16-31(29)32)36(44)40-27-19-17-25(18-20-27)34-24-48-37(41-34)26-11-5-4-6-12-26/h4-20,24,32-33H,21-23H2,1-3H3,(H,40,44)(H,42,45)/t33-/m1/s1. The Kier molecular flexibility index (Phi) is 9.68. The molecule has 1 aliphatic carbocycles. The van der Waals surface area contributed by atoms with Gasteiger partial charge in [-0.2, -0.15) is 0 Å². The van der Waals surface area contributed by atoms with Crippen LogP contribution in [0.15, 0.2) is 109 Å². The summed E-state index contributed by atoms with van der Waals surface area (Å²) in [5.74, 6) is -1.06. The molecular formula is C39H37N3O5S. The summed E-state index contributed by atoms with van der Waals surface area (Å²) in [7, 11) is 0. The summed E-state index contributed by atoms with van der Waals surface area (Å²) < 4.78 is 11.1. The second-order valence-corrected chi connectivity index (χ2v) is 13.5. The van der Waals surface area contributed by atoms with E-state index in [0.717, 1.165) is 44.1 Å². The van der Waals surface area contributed by atoms with Crippen LogP contribution in [0.2, 0.25) is 0 Å². The zero-order valence-electron chi connectivity index (χ0n) is 27.1. The lowest BCUT2D eigenvalue weighted by molar-refractivity contribution is -0.155. The minimum absolute atomic E-state index is 0.0319. The zero-order chi connectivity index (χ0) is 33.7. The van der Waals surface area contributed by atoms with E-state index in [1.165, 1.54) is 0 Å². The average Bonchev–Trinajstić information content (AvgIpc) is 3.69. The number of nitrogens with one attached hydrogen (secondary N) is 2. The number of anilines is 1. The molecule has 1 atom stereocenters. The number of aromatic nitrogens is 1. The van der Waals surface area contributed by atoms with Gasteiger partial charge in [-0.25, -0.2) is 9.78 Å². The Morgan fingerprint density at radius 3 is 2.08 bits per heavy atom. The summed E-state index contributed by atoms with van der Waals surface area (Å²) in [6.45, 7) is 5.44. The predicted octanol–water partition coefficient (Wildman–Crippen LogP) is 8.44. The smallest absolute Gasteiger partial charge is 0.407 e. The molecule has 0 unspecified atom stereocenters. The van der Waals surface area contributed by atoms with Crippen molar-refractivity contribution in [3.05, 3.63) is 120 Å². The highest BCUT2D eigenvalue weighted by atomic mass is 32.1. The molecule has 8 nitrogen and oxygen atoms in total. The SMILES string of the molecule is CC(C)(C)OC(=O)CC[C@@H](NC(=O)OCC1c2ccccc2-c2ccccc21)C(=O)Nc1ccc(-c2csc(-c3ccccc3)n2)cc1. The van der Waals surface area contributed by atoms with Crippen molar-refractivity contribution in [3.8, 4) is 33.0 Å². The number of carbonyl (C=O) groups excluding carboxylic acids is 3. The van der Waals surface area contributed by atoms with Crippen LogP contribution in [0.25, 0.3) is 33.0 Å². The third-order valence-corrected chi connectivity index (χ3v) is 8.87. The number of carbonyl (C=O) groups is 3. The minimum Gasteiger partial charge on any atom is -0.460 e. The highest BCUT2D eigenvalue weighted by molar-refractivity contribution is 7.13. The van der Waals surface area contributed by atoms with Gasteiger partial charge in [0.15, 0.2) is 0 Å². The first-order chi connectivity index (χ1) is 23.1. The molecule has 1 heterocycles. The van der Waals surface area contributed by atoms with Crippen molar-refractivity contribution in [2.24, 2.45) is 0 Å². The van der Waals surface area contributed by atoms with E-state index < -0.39 is 29.6 Å². The van der Waals surface area contributed by atoms with Gasteiger partial charge in [0.05, 0.1) is 5.69 Å². The van der Waals surface area contributed by atoms with E-state index in [1.54, 1.807) is 44.2 Å². The molecule has 4 aromatic carbocycles. The summed E-state index contributed by atoms with van der Waals surface area (Å²) in [5.41, 5.74) is 7.08. The molecule has 0 fully saturated rings. The fraction of sp³-hybridized carbons (Fsp3) is 0.231. The average molecular weight is 660 g/mol. The molecule has 0 saturated heterocycles. The summed E-state index contributed by atoms with van der Waals surface area (Å²) in [6.07, 6.45) is -0.773. The Hall–Kier alpha value is -5.28. The second kappa shape index (κ2) is 14.2. The minimum atomic E-state index is -1.04. The van der Waals surface area contributed by atoms with Gasteiger partial charge in [0.25, 0.3) is 0 Å². The number of ether oxygens (including phenoxy) is 2. The topological polar surface area (TPSA) is 107 Å². The Bertz CT molecular complexity index is 1870. The van der Waals surface area contributed by atoms with Gasteiger partial charge in [0.1, 0.15) is 23.3 Å². The molecule has 48 heavy (non-hydrogen) atoms. The molecule has 6 rings (SSSR count). The number of fused-ring (bicyclic) bond motifs is 3. The first-order valence-corrected chi connectivity index (χ1v) is 16.8. The third-order valence-electron chi connectivity index (χ3n) is 7.98. The highest BCUT2D eigenvalue weighted by Crippen LogP contribution is 2.44. The highest BCUT2D eigenvalue weighted by Gasteiger charge is 2.30. The lowest BCUT2D eigenvalue weighted by atomic mass is 9.98. The number of nitrogens with zero attached hydrogens (tertiary/aromatic N) is 1. The van der Waals surface area contributed by atoms with Gasteiger partial charge in [-0.1, -0.05) is 91.0 Å². The molecule has 0 aliphatic heterocycles. The van der Waals surface area contributed by atoms with Crippen molar-refractivity contribution < 1.29 is 23.9 Å². The van der Waals surface area contributed by atoms with Gasteiger partial charge in [0.2, 0.25) is 5.91 Å². The zero-order valence-corrected chi connectivity index (χ0v) is 27.9. The molecule has 2 N–H and O–H groups in total. The van der Waals surface area contributed by atoms with Gasteiger partial charge in [-0.05, 0) is 61.6 Å². The van der Waals surface area contributed by atoms with Crippen molar-refractivity contribution in [2.45, 2.75) is 51.2 Å². The van der Waals surface area contributed by atoms with Gasteiger partial charge in [0, 0.05) is 34.5 Å². The monoisotopic (exact) mass is 659 g/mol. The molecule has 244 valence electrons. The Morgan fingerprint density at radius 2 is 1.44 bits per heavy atom. The number of alkyl carbamates (subject to hydrolysis) is 1. The lowest BCUT2D eigenvalue weighted by Gasteiger charge is -2.22. The summed E-state index contributed by atoms with van der Waals surface area (Å²) in [5, 5.41) is 8.49. The Labute approximate surface area is 284 Å². The number of rotatable bonds is 10. The Morgan fingerprint density at radius 1 is 0.812 bits per heavy atom. The van der Waals surface area contributed by atoms with Crippen LogP contribution < -0.4 is 10.6 Å². The molecule has 0 bridgehead atoms. The van der Waals surface area contributed by atoms with E-state index in [-0.39, 0.29) is 25.4 Å². The molecule has 1 aliphatic rings. The van der Waals surface area contributed by atoms with Crippen LogP contribution in [0.1, 0.15) is 50.7 Å². The van der Waals surface area contributed by atoms with E-state index in [9.17, 15) is 14.4 Å². The maximum atomic E-state index is 13.5. The molecule has 0 spiro atoms. The fourth-order valence-electron chi connectivity index (χ4n) is 5.78. The Balaban J connectivity index is 1.12. The maximum absolute atomic E-state index is 13.5. The van der Waals surface area contributed by atoms with Crippen LogP contribution >= 0.6 is 11.3 Å². The normalized spacial score (nSPS) is 12.8. The van der Waals surface area contributed by atoms with Crippen LogP contribution in [0.3, 0.4) is 0 Å². The van der Waals surface area contributed by atoms with E-state index in [4.69, 9.17) is 14.5 Å². The first kappa shape index (κ1) is 32.7. The second-order valence-electron chi connectivity index (χ2n) is 12.6. The van der Waals surface area contributed by atoms with Gasteiger partial charge < -0.3 is 20.1 Å². The number of hydrogen-bond donors (Lipinski definition) is 2. The summed E-state index contributed by atoms with van der Waals surface area (Å²) >= 11 is 1.57. The number of hydrogen-bond acceptors (Lipinski definition) is 7. The maximum Gasteiger partial charge on any atom is 0.407 e. The summed E-state index contributed by atoms with van der Waals surface area (Å²) in [6, 6.07) is 32.4. The van der Waals surface area contributed by atoms with Crippen molar-refractivity contribution in [3.63, 3.8) is 0 Å². The number of esters is 1. The van der Waals surface area contributed by atoms with Crippen molar-refractivity contribution in [1.82, 2.24) is 10.3 Å². The largest absolute Gasteiger partial charge is 0.460 e. The molecule has 0 radical (unpaired) electrons. The van der Waals surface area contributed by atoms with Crippen LogP contribution in [0.4, 0.5) is 10.5 Å². The molecular weight excluding hydrogens is 623 g/mol. The van der Waals surface area contributed by atoms with Gasteiger partial charge in [-0.15, -0.1) is 11.3 Å². The molecule has 5 aromatic rings. The quantitative estimate of drug-likeness (QED) is 0.146. The van der Waals surface area contributed by atoms with E-state index in [2.05, 4.69) is 22.8 Å². The fourth-order valence-corrected chi connectivity index (χ4v) is 6.61. The number of benzene rings is 4.